The summed E-state index contributed by atoms with van der Waals surface area (Å²) in [4.78, 5) is 2.60. The van der Waals surface area contributed by atoms with Gasteiger partial charge < -0.3 is 4.90 Å². The van der Waals surface area contributed by atoms with Crippen LogP contribution >= 0.6 is 11.3 Å². The van der Waals surface area contributed by atoms with E-state index in [0.717, 1.165) is 5.92 Å². The Morgan fingerprint density at radius 3 is 2.73 bits per heavy atom. The van der Waals surface area contributed by atoms with Crippen molar-refractivity contribution in [2.24, 2.45) is 5.92 Å². The summed E-state index contributed by atoms with van der Waals surface area (Å²) in [5.41, 5.74) is 3.89. The Balaban J connectivity index is 1.56. The van der Waals surface area contributed by atoms with Crippen LogP contribution in [0.5, 0.6) is 0 Å². The second-order valence-corrected chi connectivity index (χ2v) is 7.36. The van der Waals surface area contributed by atoms with E-state index in [2.05, 4.69) is 44.6 Å². The van der Waals surface area contributed by atoms with E-state index in [1.807, 2.05) is 6.20 Å². The Morgan fingerprint density at radius 1 is 1.09 bits per heavy atom. The van der Waals surface area contributed by atoms with Crippen molar-refractivity contribution < 1.29 is 0 Å². The zero-order valence-electron chi connectivity index (χ0n) is 12.5. The predicted molar refractivity (Wildman–Crippen MR) is 91.2 cm³/mol. The van der Waals surface area contributed by atoms with E-state index >= 15 is 0 Å². The quantitative estimate of drug-likeness (QED) is 0.712. The molecule has 3 saturated heterocycles. The molecule has 3 aliphatic heterocycles. The van der Waals surface area contributed by atoms with Crippen molar-refractivity contribution in [2.45, 2.75) is 18.9 Å². The number of nitrogens with zero attached hydrogens (tertiary/aromatic N) is 3. The highest BCUT2D eigenvalue weighted by Crippen LogP contribution is 2.37. The van der Waals surface area contributed by atoms with Gasteiger partial charge in [-0.1, -0.05) is 6.07 Å². The van der Waals surface area contributed by atoms with Crippen molar-refractivity contribution in [3.63, 3.8) is 0 Å². The minimum Gasteiger partial charge on any atom is -0.301 e. The highest BCUT2D eigenvalue weighted by atomic mass is 32.1. The molecule has 0 amide bonds. The summed E-state index contributed by atoms with van der Waals surface area (Å²) in [6, 6.07) is 9.52. The van der Waals surface area contributed by atoms with Gasteiger partial charge in [-0.05, 0) is 71.9 Å². The fourth-order valence-electron chi connectivity index (χ4n) is 4.14. The first-order valence-corrected chi connectivity index (χ1v) is 9.05. The van der Waals surface area contributed by atoms with Crippen LogP contribution in [0.3, 0.4) is 0 Å². The van der Waals surface area contributed by atoms with Gasteiger partial charge in [0.05, 0.1) is 17.8 Å². The monoisotopic (exact) mass is 309 g/mol. The Bertz CT molecular complexity index is 797. The van der Waals surface area contributed by atoms with Crippen LogP contribution < -0.4 is 0 Å². The summed E-state index contributed by atoms with van der Waals surface area (Å²) in [7, 11) is 0. The Labute approximate surface area is 134 Å². The summed E-state index contributed by atoms with van der Waals surface area (Å²) in [5, 5.41) is 10.4. The number of hydrogen-bond donors (Lipinski definition) is 0. The van der Waals surface area contributed by atoms with Gasteiger partial charge in [-0.2, -0.15) is 16.4 Å². The maximum Gasteiger partial charge on any atom is 0.0686 e. The molecule has 0 aliphatic carbocycles. The van der Waals surface area contributed by atoms with E-state index in [1.54, 1.807) is 11.3 Å². The molecule has 3 aromatic rings. The SMILES string of the molecule is c1cc(-c2ccc3c(cnn3[C@@H]3CN4CCC3CC4)c2)cs1. The third-order valence-electron chi connectivity index (χ3n) is 5.39. The van der Waals surface area contributed by atoms with Crippen LogP contribution in [0.15, 0.2) is 41.2 Å². The zero-order valence-corrected chi connectivity index (χ0v) is 13.3. The lowest BCUT2D eigenvalue weighted by Gasteiger charge is -2.44. The van der Waals surface area contributed by atoms with E-state index in [1.165, 1.54) is 54.5 Å². The largest absolute Gasteiger partial charge is 0.301 e. The molecule has 0 N–H and O–H groups in total. The lowest BCUT2D eigenvalue weighted by Crippen LogP contribution is -2.48. The van der Waals surface area contributed by atoms with Gasteiger partial charge in [0.1, 0.15) is 0 Å². The summed E-state index contributed by atoms with van der Waals surface area (Å²) < 4.78 is 2.29. The molecule has 0 unspecified atom stereocenters. The van der Waals surface area contributed by atoms with Gasteiger partial charge in [-0.15, -0.1) is 0 Å². The molecule has 4 heteroatoms. The summed E-state index contributed by atoms with van der Waals surface area (Å²) in [5.74, 6) is 0.810. The Hall–Kier alpha value is -1.65. The van der Waals surface area contributed by atoms with Crippen LogP contribution in [0, 0.1) is 5.92 Å². The minimum atomic E-state index is 0.562. The number of rotatable bonds is 2. The van der Waals surface area contributed by atoms with E-state index < -0.39 is 0 Å². The fraction of sp³-hybridized carbons (Fsp3) is 0.389. The molecule has 1 aromatic carbocycles. The molecule has 0 radical (unpaired) electrons. The number of thiophene rings is 1. The normalized spacial score (nSPS) is 27.5. The first kappa shape index (κ1) is 12.9. The molecular weight excluding hydrogens is 290 g/mol. The van der Waals surface area contributed by atoms with E-state index in [4.69, 9.17) is 5.10 Å². The number of fused-ring (bicyclic) bond motifs is 4. The Kier molecular flexibility index (Phi) is 2.88. The molecule has 6 rings (SSSR count). The average molecular weight is 309 g/mol. The molecule has 0 saturated carbocycles. The lowest BCUT2D eigenvalue weighted by molar-refractivity contribution is 0.0534. The van der Waals surface area contributed by atoms with E-state index in [0.29, 0.717) is 6.04 Å². The van der Waals surface area contributed by atoms with Crippen LogP contribution in [0.1, 0.15) is 18.9 Å². The number of piperidine rings is 3. The van der Waals surface area contributed by atoms with Gasteiger partial charge in [-0.25, -0.2) is 0 Å². The summed E-state index contributed by atoms with van der Waals surface area (Å²) in [6.45, 7) is 3.74. The van der Waals surface area contributed by atoms with Crippen molar-refractivity contribution >= 4 is 22.2 Å². The van der Waals surface area contributed by atoms with Crippen molar-refractivity contribution in [1.82, 2.24) is 14.7 Å². The second-order valence-electron chi connectivity index (χ2n) is 6.58. The first-order chi connectivity index (χ1) is 10.9. The summed E-state index contributed by atoms with van der Waals surface area (Å²) in [6.07, 6.45) is 4.71. The topological polar surface area (TPSA) is 21.1 Å². The van der Waals surface area contributed by atoms with Gasteiger partial charge in [0.2, 0.25) is 0 Å². The molecule has 112 valence electrons. The van der Waals surface area contributed by atoms with Crippen LogP contribution in [-0.2, 0) is 0 Å². The van der Waals surface area contributed by atoms with Gasteiger partial charge in [0, 0.05) is 11.9 Å². The van der Waals surface area contributed by atoms with Crippen molar-refractivity contribution in [3.05, 3.63) is 41.2 Å². The van der Waals surface area contributed by atoms with Gasteiger partial charge in [-0.3, -0.25) is 4.68 Å². The van der Waals surface area contributed by atoms with Crippen molar-refractivity contribution in [3.8, 4) is 11.1 Å². The zero-order chi connectivity index (χ0) is 14.5. The minimum absolute atomic E-state index is 0.562. The molecule has 2 aromatic heterocycles. The van der Waals surface area contributed by atoms with Gasteiger partial charge in [0.25, 0.3) is 0 Å². The number of benzene rings is 1. The predicted octanol–water partition coefficient (Wildman–Crippen LogP) is 4.03. The third kappa shape index (κ3) is 1.94. The maximum atomic E-state index is 4.75. The van der Waals surface area contributed by atoms with Crippen LogP contribution in [0.2, 0.25) is 0 Å². The molecule has 1 atom stereocenters. The maximum absolute atomic E-state index is 4.75. The smallest absolute Gasteiger partial charge is 0.0686 e. The molecular formula is C18H19N3S. The molecule has 3 nitrogen and oxygen atoms in total. The van der Waals surface area contributed by atoms with Gasteiger partial charge in [0.15, 0.2) is 0 Å². The standard InChI is InChI=1S/C18H19N3S/c1-2-17-16(9-14(1)15-5-8-22-12-15)10-19-21(17)18-11-20-6-3-13(18)4-7-20/h1-2,5,8-10,12-13,18H,3-4,6-7,11H2/t18-/m1/s1. The molecule has 5 heterocycles. The molecule has 3 fully saturated rings. The lowest BCUT2D eigenvalue weighted by atomic mass is 9.84. The van der Waals surface area contributed by atoms with Crippen LogP contribution in [0.25, 0.3) is 22.0 Å². The highest BCUT2D eigenvalue weighted by Gasteiger charge is 2.36. The summed E-state index contributed by atoms with van der Waals surface area (Å²) >= 11 is 1.75. The van der Waals surface area contributed by atoms with Crippen LogP contribution in [0.4, 0.5) is 0 Å². The van der Waals surface area contributed by atoms with E-state index in [9.17, 15) is 0 Å². The van der Waals surface area contributed by atoms with Gasteiger partial charge >= 0.3 is 0 Å². The molecule has 2 bridgehead atoms. The van der Waals surface area contributed by atoms with Crippen molar-refractivity contribution in [1.29, 1.82) is 0 Å². The van der Waals surface area contributed by atoms with Crippen molar-refractivity contribution in [2.75, 3.05) is 19.6 Å². The Morgan fingerprint density at radius 2 is 2.00 bits per heavy atom. The van der Waals surface area contributed by atoms with Crippen LogP contribution in [-0.4, -0.2) is 34.3 Å². The molecule has 3 aliphatic rings. The fourth-order valence-corrected chi connectivity index (χ4v) is 4.80. The molecule has 0 spiro atoms. The van der Waals surface area contributed by atoms with E-state index in [-0.39, 0.29) is 0 Å². The number of aromatic nitrogens is 2. The highest BCUT2D eigenvalue weighted by molar-refractivity contribution is 7.08. The average Bonchev–Trinajstić information content (AvgIpc) is 3.25. The molecule has 22 heavy (non-hydrogen) atoms. The first-order valence-electron chi connectivity index (χ1n) is 8.11. The second kappa shape index (κ2) is 4.93. The number of hydrogen-bond acceptors (Lipinski definition) is 3. The third-order valence-corrected chi connectivity index (χ3v) is 6.07.